The number of rotatable bonds is 3. The van der Waals surface area contributed by atoms with Crippen LogP contribution in [0.15, 0.2) is 18.2 Å². The van der Waals surface area contributed by atoms with Gasteiger partial charge in [0.15, 0.2) is 0 Å². The van der Waals surface area contributed by atoms with Gasteiger partial charge in [0.25, 0.3) is 0 Å². The molecular weight excluding hydrogens is 153 g/mol. The Morgan fingerprint density at radius 3 is 2.83 bits per heavy atom. The highest BCUT2D eigenvalue weighted by molar-refractivity contribution is 5.27. The lowest BCUT2D eigenvalue weighted by molar-refractivity contribution is 0.614. The summed E-state index contributed by atoms with van der Waals surface area (Å²) < 4.78 is 13.0. The molecule has 0 saturated carbocycles. The van der Waals surface area contributed by atoms with Crippen LogP contribution in [-0.4, -0.2) is 6.54 Å². The van der Waals surface area contributed by atoms with Gasteiger partial charge in [-0.25, -0.2) is 4.39 Å². The first-order valence-corrected chi connectivity index (χ1v) is 4.19. The fourth-order valence-corrected chi connectivity index (χ4v) is 1.22. The minimum atomic E-state index is -0.121. The van der Waals surface area contributed by atoms with Crippen LogP contribution in [0, 0.1) is 12.7 Å². The van der Waals surface area contributed by atoms with Crippen LogP contribution < -0.4 is 5.73 Å². The van der Waals surface area contributed by atoms with Gasteiger partial charge in [0, 0.05) is 0 Å². The normalized spacial score (nSPS) is 10.2. The number of hydrogen-bond donors (Lipinski definition) is 1. The topological polar surface area (TPSA) is 26.0 Å². The number of aryl methyl sites for hydroxylation is 1. The van der Waals surface area contributed by atoms with E-state index in [4.69, 9.17) is 5.73 Å². The van der Waals surface area contributed by atoms with E-state index in [9.17, 15) is 4.39 Å². The van der Waals surface area contributed by atoms with Crippen molar-refractivity contribution >= 4 is 0 Å². The molecule has 0 aromatic heterocycles. The van der Waals surface area contributed by atoms with Crippen LogP contribution >= 0.6 is 0 Å². The van der Waals surface area contributed by atoms with E-state index in [0.717, 1.165) is 24.0 Å². The van der Waals surface area contributed by atoms with Gasteiger partial charge in [0.1, 0.15) is 5.82 Å². The van der Waals surface area contributed by atoms with E-state index in [1.807, 2.05) is 6.07 Å². The third-order valence-corrected chi connectivity index (χ3v) is 2.03. The molecule has 1 aromatic carbocycles. The van der Waals surface area contributed by atoms with Crippen LogP contribution in [-0.2, 0) is 6.42 Å². The van der Waals surface area contributed by atoms with Crippen molar-refractivity contribution in [3.05, 3.63) is 35.1 Å². The van der Waals surface area contributed by atoms with Crippen molar-refractivity contribution in [1.29, 1.82) is 0 Å². The molecule has 0 unspecified atom stereocenters. The molecule has 1 nitrogen and oxygen atoms in total. The zero-order valence-electron chi connectivity index (χ0n) is 7.31. The van der Waals surface area contributed by atoms with E-state index >= 15 is 0 Å². The molecule has 0 radical (unpaired) electrons. The summed E-state index contributed by atoms with van der Waals surface area (Å²) in [6, 6.07) is 5.18. The lowest BCUT2D eigenvalue weighted by atomic mass is 10.0. The summed E-state index contributed by atoms with van der Waals surface area (Å²) >= 11 is 0. The van der Waals surface area contributed by atoms with Gasteiger partial charge in [-0.1, -0.05) is 12.1 Å². The lowest BCUT2D eigenvalue weighted by Crippen LogP contribution is -2.01. The molecule has 0 atom stereocenters. The number of benzene rings is 1. The first kappa shape index (κ1) is 9.20. The fourth-order valence-electron chi connectivity index (χ4n) is 1.22. The predicted octanol–water partition coefficient (Wildman–Crippen LogP) is 2.03. The third-order valence-electron chi connectivity index (χ3n) is 2.03. The smallest absolute Gasteiger partial charge is 0.126 e. The minimum Gasteiger partial charge on any atom is -0.330 e. The molecule has 66 valence electrons. The number of nitrogens with two attached hydrogens (primary N) is 1. The second kappa shape index (κ2) is 4.21. The van der Waals surface area contributed by atoms with Crippen LogP contribution in [0.3, 0.4) is 0 Å². The maximum absolute atomic E-state index is 13.0. The first-order valence-electron chi connectivity index (χ1n) is 4.19. The number of halogens is 1. The van der Waals surface area contributed by atoms with Crippen LogP contribution in [0.4, 0.5) is 4.39 Å². The van der Waals surface area contributed by atoms with Crippen LogP contribution in [0.25, 0.3) is 0 Å². The average molecular weight is 167 g/mol. The molecule has 0 aliphatic rings. The zero-order valence-corrected chi connectivity index (χ0v) is 7.31. The maximum Gasteiger partial charge on any atom is 0.126 e. The number of hydrogen-bond acceptors (Lipinski definition) is 1. The van der Waals surface area contributed by atoms with Gasteiger partial charge in [0.05, 0.1) is 0 Å². The Kier molecular flexibility index (Phi) is 3.23. The van der Waals surface area contributed by atoms with Crippen molar-refractivity contribution in [1.82, 2.24) is 0 Å². The van der Waals surface area contributed by atoms with Crippen molar-refractivity contribution in [3.8, 4) is 0 Å². The predicted molar refractivity (Wildman–Crippen MR) is 48.5 cm³/mol. The maximum atomic E-state index is 13.0. The minimum absolute atomic E-state index is 0.121. The van der Waals surface area contributed by atoms with E-state index in [1.54, 1.807) is 13.0 Å². The molecule has 1 rings (SSSR count). The van der Waals surface area contributed by atoms with Gasteiger partial charge >= 0.3 is 0 Å². The molecule has 2 N–H and O–H groups in total. The van der Waals surface area contributed by atoms with E-state index in [2.05, 4.69) is 0 Å². The quantitative estimate of drug-likeness (QED) is 0.732. The largest absolute Gasteiger partial charge is 0.330 e. The van der Waals surface area contributed by atoms with Gasteiger partial charge in [-0.3, -0.25) is 0 Å². The molecular formula is C10H14FN. The Labute approximate surface area is 72.4 Å². The Morgan fingerprint density at radius 1 is 1.42 bits per heavy atom. The molecule has 0 aliphatic heterocycles. The van der Waals surface area contributed by atoms with Crippen molar-refractivity contribution in [2.75, 3.05) is 6.54 Å². The van der Waals surface area contributed by atoms with Crippen molar-refractivity contribution < 1.29 is 4.39 Å². The highest BCUT2D eigenvalue weighted by Gasteiger charge is 2.01. The van der Waals surface area contributed by atoms with Crippen molar-refractivity contribution in [2.45, 2.75) is 19.8 Å². The van der Waals surface area contributed by atoms with Crippen molar-refractivity contribution in [2.24, 2.45) is 5.73 Å². The molecule has 1 aromatic rings. The highest BCUT2D eigenvalue weighted by Crippen LogP contribution is 2.13. The summed E-state index contributed by atoms with van der Waals surface area (Å²) in [7, 11) is 0. The summed E-state index contributed by atoms with van der Waals surface area (Å²) in [5, 5.41) is 0. The summed E-state index contributed by atoms with van der Waals surface area (Å²) in [4.78, 5) is 0. The molecule has 12 heavy (non-hydrogen) atoms. The van der Waals surface area contributed by atoms with Crippen LogP contribution in [0.5, 0.6) is 0 Å². The van der Waals surface area contributed by atoms with Crippen LogP contribution in [0.2, 0.25) is 0 Å². The standard InChI is InChI=1S/C10H14FN/c1-8-9(5-3-7-12)4-2-6-10(8)11/h2,4,6H,3,5,7,12H2,1H3. The molecule has 0 saturated heterocycles. The van der Waals surface area contributed by atoms with Crippen LogP contribution in [0.1, 0.15) is 17.5 Å². The van der Waals surface area contributed by atoms with E-state index < -0.39 is 0 Å². The SMILES string of the molecule is Cc1c(F)cccc1CCCN. The summed E-state index contributed by atoms with van der Waals surface area (Å²) in [6.45, 7) is 2.47. The molecule has 0 fully saturated rings. The molecule has 2 heteroatoms. The summed E-state index contributed by atoms with van der Waals surface area (Å²) in [5.74, 6) is -0.121. The Hall–Kier alpha value is -0.890. The molecule has 0 aliphatic carbocycles. The van der Waals surface area contributed by atoms with Gasteiger partial charge in [-0.05, 0) is 43.5 Å². The second-order valence-corrected chi connectivity index (χ2v) is 2.92. The van der Waals surface area contributed by atoms with Gasteiger partial charge in [-0.2, -0.15) is 0 Å². The third kappa shape index (κ3) is 2.05. The van der Waals surface area contributed by atoms with E-state index in [0.29, 0.717) is 6.54 Å². The van der Waals surface area contributed by atoms with Gasteiger partial charge in [0.2, 0.25) is 0 Å². The summed E-state index contributed by atoms with van der Waals surface area (Å²) in [5.41, 5.74) is 7.20. The molecule has 0 bridgehead atoms. The molecule has 0 amide bonds. The Balaban J connectivity index is 2.78. The zero-order chi connectivity index (χ0) is 8.97. The van der Waals surface area contributed by atoms with E-state index in [1.165, 1.54) is 6.07 Å². The monoisotopic (exact) mass is 167 g/mol. The van der Waals surface area contributed by atoms with Crippen molar-refractivity contribution in [3.63, 3.8) is 0 Å². The van der Waals surface area contributed by atoms with E-state index in [-0.39, 0.29) is 5.82 Å². The molecule has 0 heterocycles. The lowest BCUT2D eigenvalue weighted by Gasteiger charge is -2.04. The molecule has 0 spiro atoms. The average Bonchev–Trinajstić information content (AvgIpc) is 2.08. The van der Waals surface area contributed by atoms with Gasteiger partial charge in [-0.15, -0.1) is 0 Å². The second-order valence-electron chi connectivity index (χ2n) is 2.92. The fraction of sp³-hybridized carbons (Fsp3) is 0.400. The highest BCUT2D eigenvalue weighted by atomic mass is 19.1. The first-order chi connectivity index (χ1) is 5.75. The Bertz CT molecular complexity index is 258. The Morgan fingerprint density at radius 2 is 2.17 bits per heavy atom. The van der Waals surface area contributed by atoms with Gasteiger partial charge < -0.3 is 5.73 Å². The summed E-state index contributed by atoms with van der Waals surface area (Å²) in [6.07, 6.45) is 1.80.